The largest absolute Gasteiger partial charge is 0.477 e. The standard InChI is InChI=1S/C11H9N5O3S2/c1-5-8(17)12-10-13-14-11(16(10)15-5)20-4-6-2-3-7(21-6)9(18)19/h2-3H,4H2,1H3,(H,18,19)(H,12,13,17). The van der Waals surface area contributed by atoms with E-state index in [2.05, 4.69) is 20.3 Å². The quantitative estimate of drug-likeness (QED) is 0.693. The van der Waals surface area contributed by atoms with Crippen molar-refractivity contribution >= 4 is 34.8 Å². The maximum atomic E-state index is 11.4. The van der Waals surface area contributed by atoms with E-state index in [0.29, 0.717) is 21.5 Å². The van der Waals surface area contributed by atoms with Crippen LogP contribution >= 0.6 is 23.1 Å². The van der Waals surface area contributed by atoms with Crippen molar-refractivity contribution in [1.29, 1.82) is 0 Å². The number of carboxylic acids is 1. The highest BCUT2D eigenvalue weighted by molar-refractivity contribution is 7.98. The summed E-state index contributed by atoms with van der Waals surface area (Å²) >= 11 is 2.59. The van der Waals surface area contributed by atoms with Gasteiger partial charge in [0.1, 0.15) is 10.6 Å². The Morgan fingerprint density at radius 1 is 1.48 bits per heavy atom. The number of fused-ring (bicyclic) bond motifs is 1. The number of aromatic carboxylic acids is 1. The Morgan fingerprint density at radius 3 is 3.00 bits per heavy atom. The number of nitrogens with zero attached hydrogens (tertiary/aromatic N) is 4. The molecule has 21 heavy (non-hydrogen) atoms. The van der Waals surface area contributed by atoms with Crippen LogP contribution in [0.15, 0.2) is 22.1 Å². The predicted molar refractivity (Wildman–Crippen MR) is 77.0 cm³/mol. The number of thioether (sulfide) groups is 1. The maximum absolute atomic E-state index is 11.4. The van der Waals surface area contributed by atoms with Crippen molar-refractivity contribution in [3.05, 3.63) is 37.9 Å². The number of aryl methyl sites for hydroxylation is 1. The Hall–Kier alpha value is -2.20. The van der Waals surface area contributed by atoms with Crippen LogP contribution in [0.4, 0.5) is 0 Å². The van der Waals surface area contributed by atoms with E-state index < -0.39 is 5.97 Å². The van der Waals surface area contributed by atoms with E-state index in [1.165, 1.54) is 27.6 Å². The maximum Gasteiger partial charge on any atom is 0.345 e. The van der Waals surface area contributed by atoms with Crippen LogP contribution in [0.2, 0.25) is 0 Å². The van der Waals surface area contributed by atoms with E-state index in [4.69, 9.17) is 5.11 Å². The molecule has 0 saturated heterocycles. The molecule has 3 aromatic rings. The van der Waals surface area contributed by atoms with Gasteiger partial charge in [-0.2, -0.15) is 9.61 Å². The first-order valence-corrected chi connectivity index (χ1v) is 7.62. The summed E-state index contributed by atoms with van der Waals surface area (Å²) in [5.41, 5.74) is 0.0317. The van der Waals surface area contributed by atoms with Crippen molar-refractivity contribution in [1.82, 2.24) is 24.8 Å². The molecule has 0 aliphatic rings. The number of carbonyl (C=O) groups is 1. The average Bonchev–Trinajstić information content (AvgIpc) is 3.04. The first kappa shape index (κ1) is 13.8. The van der Waals surface area contributed by atoms with Crippen LogP contribution < -0.4 is 5.56 Å². The number of nitrogens with one attached hydrogen (secondary N) is 1. The van der Waals surface area contributed by atoms with Crippen LogP contribution in [0.5, 0.6) is 0 Å². The highest BCUT2D eigenvalue weighted by Gasteiger charge is 2.12. The molecule has 10 heteroatoms. The highest BCUT2D eigenvalue weighted by Crippen LogP contribution is 2.25. The zero-order valence-corrected chi connectivity index (χ0v) is 12.4. The fraction of sp³-hybridized carbons (Fsp3) is 0.182. The summed E-state index contributed by atoms with van der Waals surface area (Å²) in [6, 6.07) is 3.34. The van der Waals surface area contributed by atoms with Gasteiger partial charge in [0.05, 0.1) is 0 Å². The summed E-state index contributed by atoms with van der Waals surface area (Å²) in [4.78, 5) is 26.0. The molecule has 0 fully saturated rings. The third-order valence-electron chi connectivity index (χ3n) is 2.63. The van der Waals surface area contributed by atoms with Crippen molar-refractivity contribution in [2.45, 2.75) is 17.8 Å². The fourth-order valence-electron chi connectivity index (χ4n) is 1.62. The molecule has 0 aliphatic carbocycles. The summed E-state index contributed by atoms with van der Waals surface area (Å²) in [6.07, 6.45) is 0. The third-order valence-corrected chi connectivity index (χ3v) is 4.86. The fourth-order valence-corrected chi connectivity index (χ4v) is 3.39. The van der Waals surface area contributed by atoms with Gasteiger partial charge in [0.15, 0.2) is 0 Å². The van der Waals surface area contributed by atoms with E-state index in [1.807, 2.05) is 0 Å². The lowest BCUT2D eigenvalue weighted by Crippen LogP contribution is -2.15. The van der Waals surface area contributed by atoms with E-state index in [-0.39, 0.29) is 11.3 Å². The number of carboxylic acid groups (broad SMARTS) is 1. The number of thiophene rings is 1. The zero-order chi connectivity index (χ0) is 15.0. The molecule has 108 valence electrons. The third kappa shape index (κ3) is 2.67. The number of hydrogen-bond acceptors (Lipinski definition) is 7. The van der Waals surface area contributed by atoms with Gasteiger partial charge in [-0.3, -0.25) is 9.78 Å². The molecule has 0 radical (unpaired) electrons. The normalized spacial score (nSPS) is 11.1. The van der Waals surface area contributed by atoms with Gasteiger partial charge in [0.2, 0.25) is 5.16 Å². The monoisotopic (exact) mass is 323 g/mol. The van der Waals surface area contributed by atoms with Gasteiger partial charge < -0.3 is 5.11 Å². The highest BCUT2D eigenvalue weighted by atomic mass is 32.2. The van der Waals surface area contributed by atoms with Crippen molar-refractivity contribution in [3.63, 3.8) is 0 Å². The SMILES string of the molecule is Cc1nn2c(SCc3ccc(C(=O)O)s3)nnc2[nH]c1=O. The summed E-state index contributed by atoms with van der Waals surface area (Å²) in [5, 5.41) is 21.4. The summed E-state index contributed by atoms with van der Waals surface area (Å²) in [7, 11) is 0. The van der Waals surface area contributed by atoms with E-state index in [9.17, 15) is 9.59 Å². The lowest BCUT2D eigenvalue weighted by molar-refractivity contribution is 0.0702. The number of aromatic amines is 1. The van der Waals surface area contributed by atoms with Gasteiger partial charge in [0.25, 0.3) is 11.3 Å². The van der Waals surface area contributed by atoms with Gasteiger partial charge >= 0.3 is 5.97 Å². The molecule has 3 heterocycles. The molecule has 3 rings (SSSR count). The molecule has 8 nitrogen and oxygen atoms in total. The second-order valence-electron chi connectivity index (χ2n) is 4.12. The Morgan fingerprint density at radius 2 is 2.29 bits per heavy atom. The van der Waals surface area contributed by atoms with Crippen LogP contribution in [-0.2, 0) is 5.75 Å². The molecule has 0 atom stereocenters. The minimum atomic E-state index is -0.931. The second-order valence-corrected chi connectivity index (χ2v) is 6.23. The van der Waals surface area contributed by atoms with Crippen molar-refractivity contribution in [2.75, 3.05) is 0 Å². The van der Waals surface area contributed by atoms with Crippen LogP contribution in [0.1, 0.15) is 20.2 Å². The Labute approximate surface area is 125 Å². The Bertz CT molecular complexity index is 881. The van der Waals surface area contributed by atoms with Gasteiger partial charge in [-0.25, -0.2) is 4.79 Å². The van der Waals surface area contributed by atoms with Crippen molar-refractivity contribution in [2.24, 2.45) is 0 Å². The number of hydrogen-bond donors (Lipinski definition) is 2. The van der Waals surface area contributed by atoms with Gasteiger partial charge in [-0.1, -0.05) is 11.8 Å². The van der Waals surface area contributed by atoms with Crippen molar-refractivity contribution in [3.8, 4) is 0 Å². The van der Waals surface area contributed by atoms with Crippen LogP contribution in [0, 0.1) is 6.92 Å². The van der Waals surface area contributed by atoms with Crippen LogP contribution in [-0.4, -0.2) is 35.9 Å². The molecule has 2 N–H and O–H groups in total. The number of aromatic nitrogens is 5. The van der Waals surface area contributed by atoms with Crippen LogP contribution in [0.25, 0.3) is 5.78 Å². The minimum Gasteiger partial charge on any atom is -0.477 e. The lowest BCUT2D eigenvalue weighted by Gasteiger charge is -1.98. The first-order valence-electron chi connectivity index (χ1n) is 5.82. The second kappa shape index (κ2) is 5.30. The molecule has 0 saturated carbocycles. The first-order chi connectivity index (χ1) is 10.0. The lowest BCUT2D eigenvalue weighted by atomic mass is 10.4. The molecule has 0 spiro atoms. The van der Waals surface area contributed by atoms with Gasteiger partial charge in [0, 0.05) is 10.6 Å². The Balaban J connectivity index is 1.83. The number of rotatable bonds is 4. The molecule has 3 aromatic heterocycles. The summed E-state index contributed by atoms with van der Waals surface area (Å²) < 4.78 is 1.47. The van der Waals surface area contributed by atoms with E-state index >= 15 is 0 Å². The zero-order valence-electron chi connectivity index (χ0n) is 10.7. The van der Waals surface area contributed by atoms with Crippen molar-refractivity contribution < 1.29 is 9.90 Å². The van der Waals surface area contributed by atoms with Gasteiger partial charge in [-0.05, 0) is 19.1 Å². The molecule has 0 unspecified atom stereocenters. The average molecular weight is 323 g/mol. The van der Waals surface area contributed by atoms with Crippen LogP contribution in [0.3, 0.4) is 0 Å². The molecule has 0 aliphatic heterocycles. The smallest absolute Gasteiger partial charge is 0.345 e. The minimum absolute atomic E-state index is 0.283. The Kier molecular flexibility index (Phi) is 3.47. The topological polar surface area (TPSA) is 113 Å². The van der Waals surface area contributed by atoms with Gasteiger partial charge in [-0.15, -0.1) is 21.5 Å². The van der Waals surface area contributed by atoms with E-state index in [1.54, 1.807) is 19.1 Å². The molecular weight excluding hydrogens is 314 g/mol. The molecular formula is C11H9N5O3S2. The summed E-state index contributed by atoms with van der Waals surface area (Å²) in [6.45, 7) is 1.60. The predicted octanol–water partition coefficient (Wildman–Crippen LogP) is 1.17. The summed E-state index contributed by atoms with van der Waals surface area (Å²) in [5.74, 6) is -0.0944. The van der Waals surface area contributed by atoms with E-state index in [0.717, 1.165) is 4.88 Å². The molecule has 0 aromatic carbocycles. The number of H-pyrrole nitrogens is 1. The molecule has 0 amide bonds. The molecule has 0 bridgehead atoms.